The monoisotopic (exact) mass is 257 g/mol. The molecule has 0 radical (unpaired) electrons. The van der Waals surface area contributed by atoms with Gasteiger partial charge in [-0.05, 0) is 43.7 Å². The summed E-state index contributed by atoms with van der Waals surface area (Å²) < 4.78 is 0. The number of nitrogens with one attached hydrogen (secondary N) is 2. The molecule has 1 saturated heterocycles. The van der Waals surface area contributed by atoms with Crippen molar-refractivity contribution in [3.05, 3.63) is 35.4 Å². The van der Waals surface area contributed by atoms with Gasteiger partial charge in [-0.1, -0.05) is 24.3 Å². The lowest BCUT2D eigenvalue weighted by Crippen LogP contribution is -2.35. The molecule has 1 heterocycles. The van der Waals surface area contributed by atoms with E-state index in [0.29, 0.717) is 5.92 Å². The van der Waals surface area contributed by atoms with Crippen LogP contribution in [0.5, 0.6) is 0 Å². The van der Waals surface area contributed by atoms with Crippen molar-refractivity contribution in [1.29, 1.82) is 5.41 Å². The Kier molecular flexibility index (Phi) is 2.81. The van der Waals surface area contributed by atoms with Gasteiger partial charge in [0.1, 0.15) is 11.9 Å². The second-order valence-electron chi connectivity index (χ2n) is 5.69. The highest BCUT2D eigenvalue weighted by atomic mass is 16.2. The van der Waals surface area contributed by atoms with E-state index in [1.165, 1.54) is 18.4 Å². The highest BCUT2D eigenvalue weighted by Gasteiger charge is 2.38. The van der Waals surface area contributed by atoms with Crippen LogP contribution >= 0.6 is 0 Å². The Labute approximate surface area is 113 Å². The van der Waals surface area contributed by atoms with Crippen LogP contribution in [0, 0.1) is 5.41 Å². The third-order valence-corrected chi connectivity index (χ3v) is 3.86. The van der Waals surface area contributed by atoms with Gasteiger partial charge >= 0.3 is 6.03 Å². The molecule has 4 nitrogen and oxygen atoms in total. The van der Waals surface area contributed by atoms with Crippen molar-refractivity contribution in [3.8, 4) is 0 Å². The van der Waals surface area contributed by atoms with E-state index in [9.17, 15) is 4.79 Å². The summed E-state index contributed by atoms with van der Waals surface area (Å²) in [6, 6.07) is 8.02. The van der Waals surface area contributed by atoms with Gasteiger partial charge < -0.3 is 4.90 Å². The molecule has 1 aromatic rings. The summed E-state index contributed by atoms with van der Waals surface area (Å²) >= 11 is 0. The van der Waals surface area contributed by atoms with E-state index in [4.69, 9.17) is 5.41 Å². The normalized spacial score (nSPS) is 23.1. The van der Waals surface area contributed by atoms with E-state index in [1.807, 2.05) is 26.0 Å². The number of amidine groups is 1. The van der Waals surface area contributed by atoms with E-state index in [0.717, 1.165) is 5.56 Å². The van der Waals surface area contributed by atoms with Crippen LogP contribution in [0.3, 0.4) is 0 Å². The summed E-state index contributed by atoms with van der Waals surface area (Å²) in [5.41, 5.74) is 2.38. The molecule has 1 unspecified atom stereocenters. The lowest BCUT2D eigenvalue weighted by Gasteiger charge is -2.27. The zero-order valence-corrected chi connectivity index (χ0v) is 11.3. The Morgan fingerprint density at radius 2 is 2.00 bits per heavy atom. The standard InChI is InChI=1S/C15H19N3O/c1-9(2)18-13(14(16)17-15(18)19)12-5-3-4-11(8-12)10-6-7-10/h3-5,8-10,13H,6-7H2,1-2H3,(H2,16,17,19). The van der Waals surface area contributed by atoms with Gasteiger partial charge in [0.05, 0.1) is 0 Å². The highest BCUT2D eigenvalue weighted by Crippen LogP contribution is 2.41. The van der Waals surface area contributed by atoms with Crippen molar-refractivity contribution in [2.75, 3.05) is 0 Å². The SMILES string of the molecule is CC(C)N1C(=O)NC(=N)C1c1cccc(C2CC2)c1. The first-order valence-electron chi connectivity index (χ1n) is 6.85. The second kappa shape index (κ2) is 4.37. The number of benzene rings is 1. The average molecular weight is 257 g/mol. The van der Waals surface area contributed by atoms with Crippen LogP contribution in [-0.4, -0.2) is 22.8 Å². The van der Waals surface area contributed by atoms with E-state index in [2.05, 4.69) is 17.4 Å². The molecule has 1 saturated carbocycles. The molecule has 2 aliphatic rings. The van der Waals surface area contributed by atoms with Gasteiger partial charge in [-0.3, -0.25) is 10.7 Å². The van der Waals surface area contributed by atoms with Gasteiger partial charge in [-0.25, -0.2) is 4.79 Å². The topological polar surface area (TPSA) is 56.2 Å². The Bertz CT molecular complexity index is 534. The van der Waals surface area contributed by atoms with E-state index in [1.54, 1.807) is 4.90 Å². The number of rotatable bonds is 3. The predicted molar refractivity (Wildman–Crippen MR) is 74.4 cm³/mol. The molecule has 2 fully saturated rings. The number of hydrogen-bond donors (Lipinski definition) is 2. The quantitative estimate of drug-likeness (QED) is 0.859. The molecule has 0 spiro atoms. The maximum Gasteiger partial charge on any atom is 0.323 e. The number of urea groups is 1. The van der Waals surface area contributed by atoms with E-state index < -0.39 is 0 Å². The molecule has 3 rings (SSSR count). The molecule has 100 valence electrons. The van der Waals surface area contributed by atoms with Crippen LogP contribution in [0.25, 0.3) is 0 Å². The van der Waals surface area contributed by atoms with Crippen LogP contribution < -0.4 is 5.32 Å². The molecule has 1 atom stereocenters. The molecule has 2 amide bonds. The van der Waals surface area contributed by atoms with Crippen molar-refractivity contribution in [2.45, 2.75) is 44.7 Å². The molecular formula is C15H19N3O. The Hall–Kier alpha value is -1.84. The van der Waals surface area contributed by atoms with Crippen molar-refractivity contribution in [2.24, 2.45) is 0 Å². The molecule has 1 aliphatic carbocycles. The zero-order valence-electron chi connectivity index (χ0n) is 11.3. The number of carbonyl (C=O) groups excluding carboxylic acids is 1. The molecule has 19 heavy (non-hydrogen) atoms. The molecule has 1 aromatic carbocycles. The minimum Gasteiger partial charge on any atom is -0.308 e. The summed E-state index contributed by atoms with van der Waals surface area (Å²) in [6.45, 7) is 3.96. The number of carbonyl (C=O) groups is 1. The fourth-order valence-electron chi connectivity index (χ4n) is 2.76. The van der Waals surface area contributed by atoms with Gasteiger partial charge in [0.2, 0.25) is 0 Å². The summed E-state index contributed by atoms with van der Waals surface area (Å²) in [4.78, 5) is 13.7. The van der Waals surface area contributed by atoms with Crippen LogP contribution in [0.15, 0.2) is 24.3 Å². The molecule has 2 N–H and O–H groups in total. The number of nitrogens with zero attached hydrogens (tertiary/aromatic N) is 1. The van der Waals surface area contributed by atoms with Crippen molar-refractivity contribution in [1.82, 2.24) is 10.2 Å². The minimum atomic E-state index is -0.258. The molecule has 1 aliphatic heterocycles. The number of amides is 2. The molecular weight excluding hydrogens is 238 g/mol. The lowest BCUT2D eigenvalue weighted by atomic mass is 10.00. The van der Waals surface area contributed by atoms with E-state index >= 15 is 0 Å². The Balaban J connectivity index is 1.96. The van der Waals surface area contributed by atoms with Crippen LogP contribution in [0.4, 0.5) is 4.79 Å². The van der Waals surface area contributed by atoms with Crippen molar-refractivity contribution >= 4 is 11.9 Å². The fraction of sp³-hybridized carbons (Fsp3) is 0.467. The first-order chi connectivity index (χ1) is 9.08. The van der Waals surface area contributed by atoms with Crippen LogP contribution in [0.2, 0.25) is 0 Å². The molecule has 4 heteroatoms. The predicted octanol–water partition coefficient (Wildman–Crippen LogP) is 3.02. The van der Waals surface area contributed by atoms with Gasteiger partial charge in [0.15, 0.2) is 0 Å². The van der Waals surface area contributed by atoms with Gasteiger partial charge in [0, 0.05) is 6.04 Å². The van der Waals surface area contributed by atoms with E-state index in [-0.39, 0.29) is 24.0 Å². The first kappa shape index (κ1) is 12.2. The summed E-state index contributed by atoms with van der Waals surface area (Å²) in [7, 11) is 0. The Morgan fingerprint density at radius 1 is 1.32 bits per heavy atom. The van der Waals surface area contributed by atoms with Crippen LogP contribution in [-0.2, 0) is 0 Å². The van der Waals surface area contributed by atoms with Crippen molar-refractivity contribution < 1.29 is 4.79 Å². The third-order valence-electron chi connectivity index (χ3n) is 3.86. The Morgan fingerprint density at radius 3 is 2.63 bits per heavy atom. The largest absolute Gasteiger partial charge is 0.323 e. The highest BCUT2D eigenvalue weighted by molar-refractivity contribution is 6.06. The smallest absolute Gasteiger partial charge is 0.308 e. The lowest BCUT2D eigenvalue weighted by molar-refractivity contribution is 0.190. The van der Waals surface area contributed by atoms with Crippen LogP contribution in [0.1, 0.15) is 49.8 Å². The van der Waals surface area contributed by atoms with Gasteiger partial charge in [-0.2, -0.15) is 0 Å². The second-order valence-corrected chi connectivity index (χ2v) is 5.69. The molecule has 0 bridgehead atoms. The summed E-state index contributed by atoms with van der Waals surface area (Å²) in [5.74, 6) is 0.971. The third kappa shape index (κ3) is 2.11. The zero-order chi connectivity index (χ0) is 13.6. The summed E-state index contributed by atoms with van der Waals surface area (Å²) in [6.07, 6.45) is 2.52. The van der Waals surface area contributed by atoms with Gasteiger partial charge in [-0.15, -0.1) is 0 Å². The maximum absolute atomic E-state index is 11.9. The maximum atomic E-state index is 11.9. The number of hydrogen-bond acceptors (Lipinski definition) is 2. The first-order valence-corrected chi connectivity index (χ1v) is 6.85. The molecule has 0 aromatic heterocycles. The summed E-state index contributed by atoms with van der Waals surface area (Å²) in [5, 5.41) is 10.6. The average Bonchev–Trinajstić information content (AvgIpc) is 3.15. The minimum absolute atomic E-state index is 0.0810. The van der Waals surface area contributed by atoms with Gasteiger partial charge in [0.25, 0.3) is 0 Å². The fourth-order valence-corrected chi connectivity index (χ4v) is 2.76. The van der Waals surface area contributed by atoms with Crippen molar-refractivity contribution in [3.63, 3.8) is 0 Å².